The molecule has 0 spiro atoms. The Morgan fingerprint density at radius 1 is 0.382 bits per heavy atom. The highest BCUT2D eigenvalue weighted by Gasteiger charge is 2.47. The maximum absolute atomic E-state index is 6.50. The summed E-state index contributed by atoms with van der Waals surface area (Å²) in [7, 11) is 0. The lowest BCUT2D eigenvalue weighted by atomic mass is 9.68. The zero-order valence-electron chi connectivity index (χ0n) is 30.1. The predicted octanol–water partition coefficient (Wildman–Crippen LogP) is 14.2. The molecule has 9 aromatic carbocycles. The molecule has 0 atom stereocenters. The van der Waals surface area contributed by atoms with E-state index in [4.69, 9.17) is 4.42 Å². The number of nitrogens with zero attached hydrogens (tertiary/aromatic N) is 1. The molecule has 10 aromatic rings. The maximum Gasteiger partial charge on any atom is 0.137 e. The summed E-state index contributed by atoms with van der Waals surface area (Å²) in [5, 5.41) is 4.68. The van der Waals surface area contributed by atoms with E-state index >= 15 is 0 Å². The minimum Gasteiger partial charge on any atom is -0.456 e. The molecule has 1 heterocycles. The van der Waals surface area contributed by atoms with Gasteiger partial charge in [-0.1, -0.05) is 176 Å². The standard InChI is InChI=1S/C53H35NO/c1-3-18-38(19-4-1)53(39-20-5-2-6-21-39)45-26-11-9-23-43(45)51-46(53)27-14-28-47(51)54(48-29-15-31-50-52(48)44-24-10-12-30-49(44)55-50)40-34-32-37(33-35-40)42-25-13-17-36-16-7-8-22-41(36)42/h1-35H. The van der Waals surface area contributed by atoms with Crippen LogP contribution in [0.15, 0.2) is 217 Å². The van der Waals surface area contributed by atoms with Crippen LogP contribution < -0.4 is 4.90 Å². The molecule has 11 rings (SSSR count). The van der Waals surface area contributed by atoms with Crippen LogP contribution in [-0.2, 0) is 5.41 Å². The van der Waals surface area contributed by atoms with Crippen molar-refractivity contribution in [1.29, 1.82) is 0 Å². The van der Waals surface area contributed by atoms with E-state index in [9.17, 15) is 0 Å². The van der Waals surface area contributed by atoms with Gasteiger partial charge < -0.3 is 9.32 Å². The second-order valence-electron chi connectivity index (χ2n) is 14.4. The Morgan fingerprint density at radius 2 is 0.945 bits per heavy atom. The van der Waals surface area contributed by atoms with Crippen molar-refractivity contribution in [2.24, 2.45) is 0 Å². The van der Waals surface area contributed by atoms with Crippen LogP contribution in [0.1, 0.15) is 22.3 Å². The van der Waals surface area contributed by atoms with Gasteiger partial charge in [0, 0.05) is 16.6 Å². The van der Waals surface area contributed by atoms with E-state index in [-0.39, 0.29) is 0 Å². The van der Waals surface area contributed by atoms with Gasteiger partial charge in [-0.15, -0.1) is 0 Å². The summed E-state index contributed by atoms with van der Waals surface area (Å²) in [5.74, 6) is 0. The molecular formula is C53H35NO. The molecule has 0 fully saturated rings. The fourth-order valence-electron chi connectivity index (χ4n) is 9.28. The van der Waals surface area contributed by atoms with Crippen molar-refractivity contribution in [3.63, 3.8) is 0 Å². The van der Waals surface area contributed by atoms with E-state index in [1.807, 2.05) is 6.07 Å². The molecule has 1 aromatic heterocycles. The van der Waals surface area contributed by atoms with Gasteiger partial charge in [-0.05, 0) is 86.1 Å². The van der Waals surface area contributed by atoms with Crippen molar-refractivity contribution >= 4 is 49.8 Å². The Bertz CT molecular complexity index is 2990. The van der Waals surface area contributed by atoms with E-state index in [0.717, 1.165) is 39.0 Å². The first kappa shape index (κ1) is 31.4. The summed E-state index contributed by atoms with van der Waals surface area (Å²) in [6.45, 7) is 0. The highest BCUT2D eigenvalue weighted by molar-refractivity contribution is 6.14. The number of furan rings is 1. The Labute approximate surface area is 320 Å². The highest BCUT2D eigenvalue weighted by atomic mass is 16.3. The van der Waals surface area contributed by atoms with Gasteiger partial charge >= 0.3 is 0 Å². The lowest BCUT2D eigenvalue weighted by molar-refractivity contribution is 0.669. The Balaban J connectivity index is 1.21. The van der Waals surface area contributed by atoms with E-state index in [1.54, 1.807) is 0 Å². The first-order valence-corrected chi connectivity index (χ1v) is 18.9. The maximum atomic E-state index is 6.50. The zero-order valence-corrected chi connectivity index (χ0v) is 30.1. The molecule has 0 saturated heterocycles. The fraction of sp³-hybridized carbons (Fsp3) is 0.0189. The summed E-state index contributed by atoms with van der Waals surface area (Å²) < 4.78 is 6.50. The summed E-state index contributed by atoms with van der Waals surface area (Å²) in [5.41, 5.74) is 14.4. The van der Waals surface area contributed by atoms with Crippen LogP contribution >= 0.6 is 0 Å². The van der Waals surface area contributed by atoms with Crippen LogP contribution in [-0.4, -0.2) is 0 Å². The van der Waals surface area contributed by atoms with Crippen molar-refractivity contribution in [2.45, 2.75) is 5.41 Å². The van der Waals surface area contributed by atoms with Crippen LogP contribution in [0.5, 0.6) is 0 Å². The largest absolute Gasteiger partial charge is 0.456 e. The minimum atomic E-state index is -0.511. The summed E-state index contributed by atoms with van der Waals surface area (Å²) in [6, 6.07) is 77.0. The highest BCUT2D eigenvalue weighted by Crippen LogP contribution is 2.60. The second kappa shape index (κ2) is 12.5. The molecule has 0 radical (unpaired) electrons. The fourth-order valence-corrected chi connectivity index (χ4v) is 9.28. The molecular weight excluding hydrogens is 667 g/mol. The van der Waals surface area contributed by atoms with E-state index < -0.39 is 5.41 Å². The SMILES string of the molecule is c1ccc(C2(c3ccccc3)c3ccccc3-c3c(N(c4ccc(-c5cccc6ccccc56)cc4)c4cccc5oc6ccccc6c45)cccc32)cc1. The smallest absolute Gasteiger partial charge is 0.137 e. The third-order valence-corrected chi connectivity index (χ3v) is 11.5. The lowest BCUT2D eigenvalue weighted by Gasteiger charge is -2.34. The van der Waals surface area contributed by atoms with Crippen LogP contribution in [0.2, 0.25) is 0 Å². The normalized spacial score (nSPS) is 12.9. The van der Waals surface area contributed by atoms with Gasteiger partial charge in [0.1, 0.15) is 11.2 Å². The Morgan fingerprint density at radius 3 is 1.75 bits per heavy atom. The van der Waals surface area contributed by atoms with Gasteiger partial charge in [0.2, 0.25) is 0 Å². The third kappa shape index (κ3) is 4.68. The van der Waals surface area contributed by atoms with Crippen molar-refractivity contribution in [2.75, 3.05) is 4.90 Å². The number of fused-ring (bicyclic) bond motifs is 7. The van der Waals surface area contributed by atoms with Crippen molar-refractivity contribution in [1.82, 2.24) is 0 Å². The molecule has 258 valence electrons. The van der Waals surface area contributed by atoms with Crippen molar-refractivity contribution in [3.8, 4) is 22.3 Å². The molecule has 0 N–H and O–H groups in total. The van der Waals surface area contributed by atoms with E-state index in [2.05, 4.69) is 211 Å². The third-order valence-electron chi connectivity index (χ3n) is 11.5. The van der Waals surface area contributed by atoms with Crippen molar-refractivity contribution in [3.05, 3.63) is 235 Å². The van der Waals surface area contributed by atoms with E-state index in [1.165, 1.54) is 55.3 Å². The van der Waals surface area contributed by atoms with Gasteiger partial charge in [-0.25, -0.2) is 0 Å². The molecule has 0 unspecified atom stereocenters. The average molecular weight is 702 g/mol. The minimum absolute atomic E-state index is 0.511. The first-order valence-electron chi connectivity index (χ1n) is 18.9. The summed E-state index contributed by atoms with van der Waals surface area (Å²) >= 11 is 0. The van der Waals surface area contributed by atoms with Gasteiger partial charge in [0.05, 0.1) is 22.2 Å². The quantitative estimate of drug-likeness (QED) is 0.172. The number of rotatable bonds is 6. The van der Waals surface area contributed by atoms with Gasteiger partial charge in [-0.2, -0.15) is 0 Å². The molecule has 0 bridgehead atoms. The summed E-state index contributed by atoms with van der Waals surface area (Å²) in [6.07, 6.45) is 0. The predicted molar refractivity (Wildman–Crippen MR) is 229 cm³/mol. The topological polar surface area (TPSA) is 16.4 Å². The number of hydrogen-bond donors (Lipinski definition) is 0. The molecule has 0 aliphatic heterocycles. The van der Waals surface area contributed by atoms with Gasteiger partial charge in [0.25, 0.3) is 0 Å². The number of hydrogen-bond acceptors (Lipinski definition) is 2. The molecule has 1 aliphatic carbocycles. The van der Waals surface area contributed by atoms with Crippen LogP contribution in [0, 0.1) is 0 Å². The Hall–Kier alpha value is -7.16. The van der Waals surface area contributed by atoms with Crippen molar-refractivity contribution < 1.29 is 4.42 Å². The van der Waals surface area contributed by atoms with Gasteiger partial charge in [0.15, 0.2) is 0 Å². The van der Waals surface area contributed by atoms with Crippen LogP contribution in [0.4, 0.5) is 17.1 Å². The van der Waals surface area contributed by atoms with Gasteiger partial charge in [-0.3, -0.25) is 0 Å². The molecule has 2 nitrogen and oxygen atoms in total. The number of benzene rings is 9. The number of anilines is 3. The van der Waals surface area contributed by atoms with Crippen LogP contribution in [0.3, 0.4) is 0 Å². The number of para-hydroxylation sites is 1. The zero-order chi connectivity index (χ0) is 36.3. The Kier molecular flexibility index (Phi) is 7.11. The molecule has 2 heteroatoms. The molecule has 55 heavy (non-hydrogen) atoms. The first-order chi connectivity index (χ1) is 27.3. The molecule has 0 saturated carbocycles. The lowest BCUT2D eigenvalue weighted by Crippen LogP contribution is -2.28. The van der Waals surface area contributed by atoms with E-state index in [0.29, 0.717) is 0 Å². The second-order valence-corrected chi connectivity index (χ2v) is 14.4. The monoisotopic (exact) mass is 701 g/mol. The average Bonchev–Trinajstić information content (AvgIpc) is 3.79. The van der Waals surface area contributed by atoms with Crippen LogP contribution in [0.25, 0.3) is 55.0 Å². The summed E-state index contributed by atoms with van der Waals surface area (Å²) in [4.78, 5) is 2.46. The molecule has 1 aliphatic rings. The molecule has 0 amide bonds.